The molecule has 0 saturated carbocycles. The van der Waals surface area contributed by atoms with E-state index in [9.17, 15) is 4.79 Å². The quantitative estimate of drug-likeness (QED) is 0.927. The van der Waals surface area contributed by atoms with Gasteiger partial charge in [0, 0.05) is 22.4 Å². The summed E-state index contributed by atoms with van der Waals surface area (Å²) >= 11 is 7.58. The molecule has 0 radical (unpaired) electrons. The Morgan fingerprint density at radius 1 is 1.50 bits per heavy atom. The Kier molecular flexibility index (Phi) is 3.99. The molecule has 0 spiro atoms. The number of nitrogens with zero attached hydrogens (tertiary/aromatic N) is 1. The van der Waals surface area contributed by atoms with Gasteiger partial charge in [0.1, 0.15) is 5.01 Å². The monoisotopic (exact) mass is 281 g/mol. The van der Waals surface area contributed by atoms with Crippen LogP contribution in [0.2, 0.25) is 5.02 Å². The van der Waals surface area contributed by atoms with Gasteiger partial charge in [-0.1, -0.05) is 23.7 Å². The number of carboxylic acid groups (broad SMARTS) is 1. The van der Waals surface area contributed by atoms with Crippen LogP contribution in [0.1, 0.15) is 17.7 Å². The van der Waals surface area contributed by atoms with Crippen molar-refractivity contribution < 1.29 is 9.90 Å². The molecular formula is C13H12ClNO2S. The summed E-state index contributed by atoms with van der Waals surface area (Å²) in [7, 11) is 0. The molecule has 0 aliphatic carbocycles. The van der Waals surface area contributed by atoms with Crippen molar-refractivity contribution in [3.8, 4) is 10.6 Å². The number of hydrogen-bond acceptors (Lipinski definition) is 3. The number of halogens is 1. The molecule has 94 valence electrons. The zero-order chi connectivity index (χ0) is 13.1. The highest BCUT2D eigenvalue weighted by molar-refractivity contribution is 7.13. The third-order valence-electron chi connectivity index (χ3n) is 2.57. The molecule has 0 unspecified atom stereocenters. The van der Waals surface area contributed by atoms with Gasteiger partial charge in [-0.15, -0.1) is 11.3 Å². The van der Waals surface area contributed by atoms with E-state index in [0.29, 0.717) is 6.42 Å². The summed E-state index contributed by atoms with van der Waals surface area (Å²) in [5, 5.41) is 12.1. The molecule has 3 nitrogen and oxygen atoms in total. The summed E-state index contributed by atoms with van der Waals surface area (Å²) in [6, 6.07) is 5.81. The average molecular weight is 282 g/mol. The molecule has 2 aromatic rings. The lowest BCUT2D eigenvalue weighted by atomic mass is 10.1. The first-order chi connectivity index (χ1) is 8.56. The summed E-state index contributed by atoms with van der Waals surface area (Å²) in [6.45, 7) is 1.95. The van der Waals surface area contributed by atoms with Gasteiger partial charge >= 0.3 is 5.97 Å². The standard InChI is InChI=1S/C13H12ClNO2S/c1-8-2-3-9(6-11(8)14)13-15-10(7-18-13)4-5-12(16)17/h2-3,6-7H,4-5H2,1H3,(H,16,17). The second-order valence-electron chi connectivity index (χ2n) is 4.00. The lowest BCUT2D eigenvalue weighted by Crippen LogP contribution is -1.97. The molecule has 1 aromatic heterocycles. The van der Waals surface area contributed by atoms with E-state index >= 15 is 0 Å². The van der Waals surface area contributed by atoms with Gasteiger partial charge in [0.05, 0.1) is 12.1 Å². The first-order valence-corrected chi connectivity index (χ1v) is 6.75. The molecule has 0 bridgehead atoms. The van der Waals surface area contributed by atoms with Gasteiger partial charge in [-0.05, 0) is 18.6 Å². The maximum Gasteiger partial charge on any atom is 0.303 e. The highest BCUT2D eigenvalue weighted by Crippen LogP contribution is 2.28. The van der Waals surface area contributed by atoms with Crippen molar-refractivity contribution in [2.45, 2.75) is 19.8 Å². The van der Waals surface area contributed by atoms with Gasteiger partial charge in [-0.2, -0.15) is 0 Å². The Balaban J connectivity index is 2.18. The molecule has 0 saturated heterocycles. The van der Waals surface area contributed by atoms with Gasteiger partial charge < -0.3 is 5.11 Å². The van der Waals surface area contributed by atoms with E-state index in [-0.39, 0.29) is 6.42 Å². The Bertz CT molecular complexity index is 580. The Morgan fingerprint density at radius 3 is 2.94 bits per heavy atom. The lowest BCUT2D eigenvalue weighted by Gasteiger charge is -2.00. The number of thiazole rings is 1. The SMILES string of the molecule is Cc1ccc(-c2nc(CCC(=O)O)cs2)cc1Cl. The Labute approximate surface area is 114 Å². The molecule has 2 rings (SSSR count). The summed E-state index contributed by atoms with van der Waals surface area (Å²) in [6.07, 6.45) is 0.573. The number of aromatic nitrogens is 1. The van der Waals surface area contributed by atoms with Crippen LogP contribution in [0.15, 0.2) is 23.6 Å². The molecule has 1 N–H and O–H groups in total. The number of carboxylic acids is 1. The van der Waals surface area contributed by atoms with Crippen molar-refractivity contribution in [2.24, 2.45) is 0 Å². The van der Waals surface area contributed by atoms with Crippen molar-refractivity contribution in [1.82, 2.24) is 4.98 Å². The molecule has 1 heterocycles. The largest absolute Gasteiger partial charge is 0.481 e. The Morgan fingerprint density at radius 2 is 2.28 bits per heavy atom. The van der Waals surface area contributed by atoms with Gasteiger partial charge in [-0.25, -0.2) is 4.98 Å². The molecule has 1 aromatic carbocycles. The molecular weight excluding hydrogens is 270 g/mol. The fourth-order valence-corrected chi connectivity index (χ4v) is 2.55. The number of aliphatic carboxylic acids is 1. The van der Waals surface area contributed by atoms with E-state index in [2.05, 4.69) is 4.98 Å². The summed E-state index contributed by atoms with van der Waals surface area (Å²) in [4.78, 5) is 14.9. The van der Waals surface area contributed by atoms with Crippen LogP contribution in [0.25, 0.3) is 10.6 Å². The zero-order valence-electron chi connectivity index (χ0n) is 9.81. The van der Waals surface area contributed by atoms with E-state index in [1.54, 1.807) is 0 Å². The van der Waals surface area contributed by atoms with Crippen LogP contribution in [-0.4, -0.2) is 16.1 Å². The van der Waals surface area contributed by atoms with Crippen LogP contribution in [0.3, 0.4) is 0 Å². The van der Waals surface area contributed by atoms with E-state index in [0.717, 1.165) is 26.9 Å². The molecule has 18 heavy (non-hydrogen) atoms. The second kappa shape index (κ2) is 5.50. The van der Waals surface area contributed by atoms with Crippen LogP contribution >= 0.6 is 22.9 Å². The van der Waals surface area contributed by atoms with E-state index in [1.807, 2.05) is 30.5 Å². The minimum Gasteiger partial charge on any atom is -0.481 e. The normalized spacial score (nSPS) is 10.6. The lowest BCUT2D eigenvalue weighted by molar-refractivity contribution is -0.136. The summed E-state index contributed by atoms with van der Waals surface area (Å²) in [5.41, 5.74) is 2.81. The Hall–Kier alpha value is -1.39. The zero-order valence-corrected chi connectivity index (χ0v) is 11.4. The first-order valence-electron chi connectivity index (χ1n) is 5.49. The number of aryl methyl sites for hydroxylation is 2. The average Bonchev–Trinajstić information content (AvgIpc) is 2.79. The van der Waals surface area contributed by atoms with Crippen LogP contribution in [0.4, 0.5) is 0 Å². The van der Waals surface area contributed by atoms with Crippen LogP contribution in [0.5, 0.6) is 0 Å². The smallest absolute Gasteiger partial charge is 0.303 e. The maximum absolute atomic E-state index is 10.5. The van der Waals surface area contributed by atoms with Crippen LogP contribution < -0.4 is 0 Å². The van der Waals surface area contributed by atoms with E-state index in [4.69, 9.17) is 16.7 Å². The fourth-order valence-electron chi connectivity index (χ4n) is 1.52. The van der Waals surface area contributed by atoms with Crippen molar-refractivity contribution in [1.29, 1.82) is 0 Å². The second-order valence-corrected chi connectivity index (χ2v) is 5.27. The maximum atomic E-state index is 10.5. The van der Waals surface area contributed by atoms with Crippen LogP contribution in [0, 0.1) is 6.92 Å². The topological polar surface area (TPSA) is 50.2 Å². The predicted octanol–water partition coefficient (Wildman–Crippen LogP) is 3.79. The molecule has 0 aliphatic rings. The number of benzene rings is 1. The van der Waals surface area contributed by atoms with E-state index < -0.39 is 5.97 Å². The number of hydrogen-bond donors (Lipinski definition) is 1. The minimum atomic E-state index is -0.803. The number of rotatable bonds is 4. The fraction of sp³-hybridized carbons (Fsp3) is 0.231. The highest BCUT2D eigenvalue weighted by Gasteiger charge is 2.07. The van der Waals surface area contributed by atoms with E-state index in [1.165, 1.54) is 11.3 Å². The molecule has 0 fully saturated rings. The van der Waals surface area contributed by atoms with Crippen molar-refractivity contribution >= 4 is 28.9 Å². The van der Waals surface area contributed by atoms with Gasteiger partial charge in [0.2, 0.25) is 0 Å². The third-order valence-corrected chi connectivity index (χ3v) is 3.91. The van der Waals surface area contributed by atoms with Crippen molar-refractivity contribution in [3.05, 3.63) is 39.9 Å². The van der Waals surface area contributed by atoms with Crippen molar-refractivity contribution in [2.75, 3.05) is 0 Å². The molecule has 0 amide bonds. The van der Waals surface area contributed by atoms with Gasteiger partial charge in [0.15, 0.2) is 0 Å². The van der Waals surface area contributed by atoms with Crippen LogP contribution in [-0.2, 0) is 11.2 Å². The van der Waals surface area contributed by atoms with Gasteiger partial charge in [0.25, 0.3) is 0 Å². The molecule has 0 aliphatic heterocycles. The predicted molar refractivity (Wildman–Crippen MR) is 73.3 cm³/mol. The summed E-state index contributed by atoms with van der Waals surface area (Å²) in [5.74, 6) is -0.803. The highest BCUT2D eigenvalue weighted by atomic mass is 35.5. The van der Waals surface area contributed by atoms with Gasteiger partial charge in [-0.3, -0.25) is 4.79 Å². The third kappa shape index (κ3) is 3.09. The molecule has 0 atom stereocenters. The molecule has 5 heteroatoms. The number of carbonyl (C=O) groups is 1. The summed E-state index contributed by atoms with van der Waals surface area (Å²) < 4.78 is 0. The minimum absolute atomic E-state index is 0.109. The van der Waals surface area contributed by atoms with Crippen molar-refractivity contribution in [3.63, 3.8) is 0 Å². The first kappa shape index (κ1) is 13.1.